The van der Waals surface area contributed by atoms with E-state index in [2.05, 4.69) is 4.18 Å². The molecule has 0 saturated carbocycles. The van der Waals surface area contributed by atoms with Crippen molar-refractivity contribution in [2.75, 3.05) is 0 Å². The molecule has 1 rings (SSSR count). The Morgan fingerprint density at radius 2 is 1.83 bits per heavy atom. The lowest BCUT2D eigenvalue weighted by Gasteiger charge is -2.11. The summed E-state index contributed by atoms with van der Waals surface area (Å²) < 4.78 is 74.6. The van der Waals surface area contributed by atoms with Crippen LogP contribution in [-0.4, -0.2) is 20.2 Å². The third kappa shape index (κ3) is 2.78. The number of carbonyl (C=O) groups is 1. The highest BCUT2D eigenvalue weighted by Gasteiger charge is 2.48. The summed E-state index contributed by atoms with van der Waals surface area (Å²) in [5, 5.41) is 0. The van der Waals surface area contributed by atoms with E-state index in [1.807, 2.05) is 0 Å². The summed E-state index contributed by atoms with van der Waals surface area (Å²) in [6.45, 7) is 1.30. The number of hydrogen-bond acceptors (Lipinski definition) is 4. The summed E-state index contributed by atoms with van der Waals surface area (Å²) in [6.07, 6.45) is -0.129. The molecule has 0 unspecified atom stereocenters. The molecule has 0 atom stereocenters. The quantitative estimate of drug-likeness (QED) is 0.370. The van der Waals surface area contributed by atoms with E-state index in [9.17, 15) is 30.8 Å². The number of benzene rings is 1. The normalized spacial score (nSPS) is 12.3. The molecule has 0 aliphatic heterocycles. The highest BCUT2D eigenvalue weighted by molar-refractivity contribution is 7.88. The second kappa shape index (κ2) is 4.56. The van der Waals surface area contributed by atoms with Gasteiger partial charge in [0.1, 0.15) is 5.82 Å². The summed E-state index contributed by atoms with van der Waals surface area (Å²) in [5.74, 6) is -2.17. The van der Waals surface area contributed by atoms with Crippen molar-refractivity contribution in [3.8, 4) is 5.75 Å². The molecule has 0 aliphatic carbocycles. The summed E-state index contributed by atoms with van der Waals surface area (Å²) in [5.41, 5.74) is -6.45. The maximum atomic E-state index is 13.2. The van der Waals surface area contributed by atoms with Crippen LogP contribution in [0.2, 0.25) is 0 Å². The fraction of sp³-hybridized carbons (Fsp3) is 0.222. The van der Waals surface area contributed by atoms with Crippen molar-refractivity contribution in [3.63, 3.8) is 0 Å². The Labute approximate surface area is 99.3 Å². The molecule has 0 aliphatic rings. The zero-order chi connectivity index (χ0) is 14.1. The number of hydrogen-bond donors (Lipinski definition) is 0. The fourth-order valence-electron chi connectivity index (χ4n) is 1.07. The molecule has 0 saturated heterocycles. The van der Waals surface area contributed by atoms with Gasteiger partial charge >= 0.3 is 15.6 Å². The van der Waals surface area contributed by atoms with Crippen LogP contribution in [0.1, 0.15) is 15.9 Å². The summed E-state index contributed by atoms with van der Waals surface area (Å²) in [6, 6.07) is 1.67. The van der Waals surface area contributed by atoms with Gasteiger partial charge in [-0.05, 0) is 24.6 Å². The Balaban J connectivity index is 3.32. The van der Waals surface area contributed by atoms with Gasteiger partial charge in [-0.25, -0.2) is 4.39 Å². The number of halogens is 4. The molecule has 0 fully saturated rings. The average molecular weight is 286 g/mol. The Morgan fingerprint density at radius 1 is 1.28 bits per heavy atom. The topological polar surface area (TPSA) is 60.4 Å². The van der Waals surface area contributed by atoms with Crippen molar-refractivity contribution in [2.45, 2.75) is 12.4 Å². The molecular formula is C9H6F4O4S. The lowest BCUT2D eigenvalue weighted by Crippen LogP contribution is -2.28. The van der Waals surface area contributed by atoms with Gasteiger partial charge in [-0.15, -0.1) is 0 Å². The summed E-state index contributed by atoms with van der Waals surface area (Å²) in [7, 11) is -5.94. The number of alkyl halides is 3. The van der Waals surface area contributed by atoms with Crippen LogP contribution in [0.25, 0.3) is 0 Å². The first-order valence-corrected chi connectivity index (χ1v) is 5.75. The maximum absolute atomic E-state index is 13.2. The van der Waals surface area contributed by atoms with Crippen LogP contribution in [0, 0.1) is 12.7 Å². The van der Waals surface area contributed by atoms with E-state index < -0.39 is 32.8 Å². The van der Waals surface area contributed by atoms with Gasteiger partial charge in [-0.2, -0.15) is 21.6 Å². The van der Waals surface area contributed by atoms with E-state index in [4.69, 9.17) is 0 Å². The van der Waals surface area contributed by atoms with Crippen LogP contribution in [0.5, 0.6) is 5.75 Å². The molecule has 4 nitrogen and oxygen atoms in total. The first-order chi connectivity index (χ1) is 8.08. The van der Waals surface area contributed by atoms with E-state index in [0.717, 1.165) is 12.1 Å². The molecule has 100 valence electrons. The van der Waals surface area contributed by atoms with Crippen LogP contribution < -0.4 is 4.18 Å². The monoisotopic (exact) mass is 286 g/mol. The Kier molecular flexibility index (Phi) is 3.65. The highest BCUT2D eigenvalue weighted by Crippen LogP contribution is 2.30. The lowest BCUT2D eigenvalue weighted by atomic mass is 10.1. The Hall–Kier alpha value is -1.64. The maximum Gasteiger partial charge on any atom is 0.534 e. The zero-order valence-corrected chi connectivity index (χ0v) is 9.60. The fourth-order valence-corrected chi connectivity index (χ4v) is 1.54. The van der Waals surface area contributed by atoms with E-state index in [0.29, 0.717) is 0 Å². The van der Waals surface area contributed by atoms with Gasteiger partial charge in [0.25, 0.3) is 0 Å². The number of carbonyl (C=O) groups excluding carboxylic acids is 1. The summed E-state index contributed by atoms with van der Waals surface area (Å²) in [4.78, 5) is 10.5. The van der Waals surface area contributed by atoms with Gasteiger partial charge in [0, 0.05) is 0 Å². The summed E-state index contributed by atoms with van der Waals surface area (Å²) >= 11 is 0. The minimum Gasteiger partial charge on any atom is -0.375 e. The predicted octanol–water partition coefficient (Wildman–Crippen LogP) is 2.18. The Bertz CT molecular complexity index is 577. The molecule has 1 aromatic rings. The zero-order valence-electron chi connectivity index (χ0n) is 8.79. The first kappa shape index (κ1) is 14.4. The van der Waals surface area contributed by atoms with E-state index in [-0.39, 0.29) is 11.8 Å². The smallest absolute Gasteiger partial charge is 0.375 e. The molecule has 0 spiro atoms. The molecule has 0 N–H and O–H groups in total. The average Bonchev–Trinajstić information content (AvgIpc) is 2.14. The molecule has 0 bridgehead atoms. The van der Waals surface area contributed by atoms with Crippen molar-refractivity contribution in [1.29, 1.82) is 0 Å². The minimum absolute atomic E-state index is 0.102. The van der Waals surface area contributed by atoms with Crippen molar-refractivity contribution < 1.29 is 35.0 Å². The molecule has 0 radical (unpaired) electrons. The van der Waals surface area contributed by atoms with Gasteiger partial charge in [0.15, 0.2) is 12.0 Å². The van der Waals surface area contributed by atoms with Crippen LogP contribution >= 0.6 is 0 Å². The van der Waals surface area contributed by atoms with E-state index in [1.165, 1.54) is 6.92 Å². The minimum atomic E-state index is -5.94. The molecule has 0 amide bonds. The second-order valence-electron chi connectivity index (χ2n) is 3.26. The number of aryl methyl sites for hydroxylation is 1. The van der Waals surface area contributed by atoms with Crippen LogP contribution in [0.3, 0.4) is 0 Å². The first-order valence-electron chi connectivity index (χ1n) is 4.34. The van der Waals surface area contributed by atoms with Gasteiger partial charge in [0.05, 0.1) is 5.56 Å². The third-order valence-electron chi connectivity index (χ3n) is 1.84. The predicted molar refractivity (Wildman–Crippen MR) is 52.1 cm³/mol. The highest BCUT2D eigenvalue weighted by atomic mass is 32.2. The molecule has 0 heterocycles. The molecular weight excluding hydrogens is 280 g/mol. The van der Waals surface area contributed by atoms with Crippen molar-refractivity contribution in [3.05, 3.63) is 29.1 Å². The second-order valence-corrected chi connectivity index (χ2v) is 4.80. The standard InChI is InChI=1S/C9H6F4O4S/c1-5-2-7(10)6(4-14)8(3-5)17-18(15,16)9(11,12)13/h2-4H,1H3. The molecule has 9 heteroatoms. The largest absolute Gasteiger partial charge is 0.534 e. The van der Waals surface area contributed by atoms with Gasteiger partial charge < -0.3 is 4.18 Å². The third-order valence-corrected chi connectivity index (χ3v) is 2.80. The Morgan fingerprint density at radius 3 is 2.28 bits per heavy atom. The van der Waals surface area contributed by atoms with Crippen molar-refractivity contribution in [1.82, 2.24) is 0 Å². The van der Waals surface area contributed by atoms with Gasteiger partial charge in [-0.1, -0.05) is 0 Å². The SMILES string of the molecule is Cc1cc(F)c(C=O)c(OS(=O)(=O)C(F)(F)F)c1. The van der Waals surface area contributed by atoms with Crippen molar-refractivity contribution >= 4 is 16.4 Å². The van der Waals surface area contributed by atoms with Crippen molar-refractivity contribution in [2.24, 2.45) is 0 Å². The van der Waals surface area contributed by atoms with Crippen LogP contribution in [0.4, 0.5) is 17.6 Å². The number of aldehydes is 1. The lowest BCUT2D eigenvalue weighted by molar-refractivity contribution is -0.0500. The van der Waals surface area contributed by atoms with Crippen LogP contribution in [-0.2, 0) is 10.1 Å². The molecule has 1 aromatic carbocycles. The van der Waals surface area contributed by atoms with E-state index >= 15 is 0 Å². The van der Waals surface area contributed by atoms with E-state index in [1.54, 1.807) is 0 Å². The molecule has 0 aromatic heterocycles. The molecule has 18 heavy (non-hydrogen) atoms. The van der Waals surface area contributed by atoms with Crippen LogP contribution in [0.15, 0.2) is 12.1 Å². The van der Waals surface area contributed by atoms with Gasteiger partial charge in [0.2, 0.25) is 0 Å². The number of rotatable bonds is 3. The van der Waals surface area contributed by atoms with Gasteiger partial charge in [-0.3, -0.25) is 4.79 Å².